The van der Waals surface area contributed by atoms with E-state index in [9.17, 15) is 0 Å². The maximum Gasteiger partial charge on any atom is 0.164 e. The summed E-state index contributed by atoms with van der Waals surface area (Å²) in [5, 5.41) is 24.3. The van der Waals surface area contributed by atoms with Gasteiger partial charge in [-0.1, -0.05) is 23.4 Å². The molecule has 1 N–H and O–H groups in total. The number of aliphatic hydroxyl groups is 1. The van der Waals surface area contributed by atoms with Crippen LogP contribution in [0.5, 0.6) is 0 Å². The van der Waals surface area contributed by atoms with Gasteiger partial charge in [-0.05, 0) is 22.6 Å². The Morgan fingerprint density at radius 1 is 1.21 bits per heavy atom. The van der Waals surface area contributed by atoms with Gasteiger partial charge in [-0.25, -0.2) is 0 Å². The van der Waals surface area contributed by atoms with E-state index in [1.54, 1.807) is 10.7 Å². The Morgan fingerprint density at radius 3 is 2.79 bits per heavy atom. The van der Waals surface area contributed by atoms with E-state index >= 15 is 0 Å². The molecule has 0 saturated carbocycles. The largest absolute Gasteiger partial charge is 0.390 e. The average molecular weight is 257 g/mol. The Morgan fingerprint density at radius 2 is 2.05 bits per heavy atom. The Labute approximate surface area is 108 Å². The minimum atomic E-state index is -0.146. The van der Waals surface area contributed by atoms with Gasteiger partial charge < -0.3 is 9.63 Å². The third-order valence-corrected chi connectivity index (χ3v) is 2.64. The number of hydrogen-bond acceptors (Lipinski definition) is 6. The fourth-order valence-electron chi connectivity index (χ4n) is 1.76. The van der Waals surface area contributed by atoms with Gasteiger partial charge in [0.05, 0.1) is 18.7 Å². The second-order valence-corrected chi connectivity index (χ2v) is 3.96. The first kappa shape index (κ1) is 11.5. The fourth-order valence-corrected chi connectivity index (χ4v) is 1.76. The number of hydrogen-bond donors (Lipinski definition) is 1. The summed E-state index contributed by atoms with van der Waals surface area (Å²) in [4.78, 5) is 0. The Bertz CT molecular complexity index is 662. The van der Waals surface area contributed by atoms with Gasteiger partial charge >= 0.3 is 0 Å². The van der Waals surface area contributed by atoms with E-state index in [1.807, 2.05) is 30.3 Å². The van der Waals surface area contributed by atoms with E-state index in [0.29, 0.717) is 23.7 Å². The van der Waals surface area contributed by atoms with E-state index < -0.39 is 0 Å². The Kier molecular flexibility index (Phi) is 3.03. The molecule has 19 heavy (non-hydrogen) atoms. The lowest BCUT2D eigenvalue weighted by molar-refractivity contribution is 0.265. The molecule has 0 spiro atoms. The van der Waals surface area contributed by atoms with Crippen molar-refractivity contribution in [2.45, 2.75) is 13.0 Å². The van der Waals surface area contributed by atoms with Crippen LogP contribution in [0.4, 0.5) is 0 Å². The molecule has 0 aliphatic rings. The van der Waals surface area contributed by atoms with Crippen LogP contribution in [0.2, 0.25) is 0 Å². The summed E-state index contributed by atoms with van der Waals surface area (Å²) in [6.07, 6.45) is 0.412. The van der Waals surface area contributed by atoms with Crippen LogP contribution in [-0.2, 0) is 13.0 Å². The van der Waals surface area contributed by atoms with Crippen molar-refractivity contribution < 1.29 is 9.63 Å². The van der Waals surface area contributed by atoms with Crippen LogP contribution in [0, 0.1) is 0 Å². The van der Waals surface area contributed by atoms with Gasteiger partial charge in [-0.2, -0.15) is 4.68 Å². The first-order valence-electron chi connectivity index (χ1n) is 5.75. The van der Waals surface area contributed by atoms with Crippen LogP contribution in [0.25, 0.3) is 5.69 Å². The van der Waals surface area contributed by atoms with E-state index in [0.717, 1.165) is 5.69 Å². The number of nitrogens with zero attached hydrogens (tertiary/aromatic N) is 5. The number of aromatic nitrogens is 5. The molecule has 0 amide bonds. The normalized spacial score (nSPS) is 10.8. The molecule has 96 valence electrons. The van der Waals surface area contributed by atoms with Gasteiger partial charge in [-0.15, -0.1) is 5.10 Å². The Balaban J connectivity index is 1.88. The molecule has 3 rings (SSSR count). The van der Waals surface area contributed by atoms with Crippen LogP contribution in [0.3, 0.4) is 0 Å². The highest BCUT2D eigenvalue weighted by molar-refractivity contribution is 5.31. The molecule has 0 radical (unpaired) electrons. The highest BCUT2D eigenvalue weighted by Crippen LogP contribution is 2.12. The molecule has 2 heterocycles. The van der Waals surface area contributed by atoms with Crippen molar-refractivity contribution in [3.63, 3.8) is 0 Å². The standard InChI is InChI=1S/C12H11N5O2/c18-8-9-6-11(19-14-9)7-12-13-15-16-17(12)10-4-2-1-3-5-10/h1-6,18H,7-8H2. The van der Waals surface area contributed by atoms with E-state index in [4.69, 9.17) is 9.63 Å². The summed E-state index contributed by atoms with van der Waals surface area (Å²) in [5.74, 6) is 1.25. The molecule has 1 aromatic carbocycles. The van der Waals surface area contributed by atoms with Crippen LogP contribution in [-0.4, -0.2) is 30.5 Å². The smallest absolute Gasteiger partial charge is 0.164 e. The van der Waals surface area contributed by atoms with Crippen molar-refractivity contribution >= 4 is 0 Å². The molecule has 0 saturated heterocycles. The minimum absolute atomic E-state index is 0.146. The van der Waals surface area contributed by atoms with E-state index in [2.05, 4.69) is 20.7 Å². The van der Waals surface area contributed by atoms with Crippen molar-refractivity contribution in [1.82, 2.24) is 25.4 Å². The third kappa shape index (κ3) is 2.36. The molecule has 0 fully saturated rings. The van der Waals surface area contributed by atoms with Crippen LogP contribution >= 0.6 is 0 Å². The number of benzene rings is 1. The molecule has 0 atom stereocenters. The molecule has 0 aliphatic carbocycles. The summed E-state index contributed by atoms with van der Waals surface area (Å²) in [5.41, 5.74) is 1.37. The Hall–Kier alpha value is -2.54. The molecular weight excluding hydrogens is 246 g/mol. The monoisotopic (exact) mass is 257 g/mol. The van der Waals surface area contributed by atoms with Crippen molar-refractivity contribution in [1.29, 1.82) is 0 Å². The molecule has 0 aliphatic heterocycles. The molecule has 7 nitrogen and oxygen atoms in total. The second kappa shape index (κ2) is 4.99. The second-order valence-electron chi connectivity index (χ2n) is 3.96. The highest BCUT2D eigenvalue weighted by atomic mass is 16.5. The molecule has 7 heteroatoms. The summed E-state index contributed by atoms with van der Waals surface area (Å²) < 4.78 is 6.74. The maximum absolute atomic E-state index is 8.94. The van der Waals surface area contributed by atoms with Crippen LogP contribution in [0.1, 0.15) is 17.3 Å². The van der Waals surface area contributed by atoms with E-state index in [1.165, 1.54) is 0 Å². The molecule has 0 unspecified atom stereocenters. The van der Waals surface area contributed by atoms with Gasteiger partial charge in [-0.3, -0.25) is 0 Å². The van der Waals surface area contributed by atoms with Crippen molar-refractivity contribution in [3.05, 3.63) is 53.7 Å². The summed E-state index contributed by atoms with van der Waals surface area (Å²) in [7, 11) is 0. The number of tetrazole rings is 1. The molecule has 0 bridgehead atoms. The fraction of sp³-hybridized carbons (Fsp3) is 0.167. The molecule has 3 aromatic rings. The number of rotatable bonds is 4. The van der Waals surface area contributed by atoms with Gasteiger partial charge in [0, 0.05) is 6.07 Å². The van der Waals surface area contributed by atoms with Gasteiger partial charge in [0.2, 0.25) is 0 Å². The lowest BCUT2D eigenvalue weighted by Crippen LogP contribution is -2.03. The number of aliphatic hydroxyl groups excluding tert-OH is 1. The third-order valence-electron chi connectivity index (χ3n) is 2.64. The quantitative estimate of drug-likeness (QED) is 0.741. The van der Waals surface area contributed by atoms with Crippen molar-refractivity contribution in [3.8, 4) is 5.69 Å². The van der Waals surface area contributed by atoms with Crippen LogP contribution < -0.4 is 0 Å². The average Bonchev–Trinajstić information content (AvgIpc) is 3.09. The van der Waals surface area contributed by atoms with E-state index in [-0.39, 0.29) is 6.61 Å². The van der Waals surface area contributed by atoms with Crippen molar-refractivity contribution in [2.24, 2.45) is 0 Å². The highest BCUT2D eigenvalue weighted by Gasteiger charge is 2.12. The van der Waals surface area contributed by atoms with Gasteiger partial charge in [0.1, 0.15) is 11.5 Å². The lowest BCUT2D eigenvalue weighted by Gasteiger charge is -2.01. The zero-order valence-electron chi connectivity index (χ0n) is 9.97. The topological polar surface area (TPSA) is 89.9 Å². The summed E-state index contributed by atoms with van der Waals surface area (Å²) >= 11 is 0. The SMILES string of the molecule is OCc1cc(Cc2nnnn2-c2ccccc2)on1. The first-order valence-corrected chi connectivity index (χ1v) is 5.75. The molecular formula is C12H11N5O2. The molecule has 2 aromatic heterocycles. The maximum atomic E-state index is 8.94. The van der Waals surface area contributed by atoms with Crippen molar-refractivity contribution in [2.75, 3.05) is 0 Å². The van der Waals surface area contributed by atoms with Crippen LogP contribution in [0.15, 0.2) is 40.9 Å². The number of para-hydroxylation sites is 1. The van der Waals surface area contributed by atoms with Gasteiger partial charge in [0.25, 0.3) is 0 Å². The van der Waals surface area contributed by atoms with Gasteiger partial charge in [0.15, 0.2) is 5.82 Å². The predicted molar refractivity (Wildman–Crippen MR) is 64.4 cm³/mol. The zero-order chi connectivity index (χ0) is 13.1. The minimum Gasteiger partial charge on any atom is -0.390 e. The first-order chi connectivity index (χ1) is 9.36. The lowest BCUT2D eigenvalue weighted by atomic mass is 10.2. The summed E-state index contributed by atoms with van der Waals surface area (Å²) in [6.45, 7) is -0.146. The summed E-state index contributed by atoms with van der Waals surface area (Å²) in [6, 6.07) is 11.3. The zero-order valence-corrected chi connectivity index (χ0v) is 9.97. The predicted octanol–water partition coefficient (Wildman–Crippen LogP) is 0.733.